The summed E-state index contributed by atoms with van der Waals surface area (Å²) in [5.74, 6) is 0.273. The van der Waals surface area contributed by atoms with Crippen molar-refractivity contribution in [3.05, 3.63) is 61.6 Å². The van der Waals surface area contributed by atoms with E-state index in [0.717, 1.165) is 19.3 Å². The second-order valence-corrected chi connectivity index (χ2v) is 6.92. The van der Waals surface area contributed by atoms with Gasteiger partial charge in [0.15, 0.2) is 0 Å². The number of hydrogen-bond acceptors (Lipinski definition) is 1. The zero-order chi connectivity index (χ0) is 14.7. The Balaban J connectivity index is 2.31. The van der Waals surface area contributed by atoms with Gasteiger partial charge in [-0.2, -0.15) is 0 Å². The second-order valence-electron chi connectivity index (χ2n) is 4.82. The van der Waals surface area contributed by atoms with Gasteiger partial charge in [0.05, 0.1) is 5.56 Å². The summed E-state index contributed by atoms with van der Waals surface area (Å²) in [6, 6.07) is 13.6. The van der Waals surface area contributed by atoms with Gasteiger partial charge in [0.25, 0.3) is 5.91 Å². The number of halogens is 2. The average molecular weight is 444 g/mol. The predicted molar refractivity (Wildman–Crippen MR) is 95.3 cm³/mol. The molecule has 2 rings (SSSR count). The van der Waals surface area contributed by atoms with E-state index in [1.165, 1.54) is 0 Å². The second kappa shape index (κ2) is 6.72. The molecule has 0 fully saturated rings. The molecule has 0 aliphatic rings. The molecule has 104 valence electrons. The van der Waals surface area contributed by atoms with Crippen LogP contribution in [0.25, 0.3) is 0 Å². The van der Waals surface area contributed by atoms with Gasteiger partial charge in [-0.1, -0.05) is 32.0 Å². The molecule has 0 saturated carbocycles. The summed E-state index contributed by atoms with van der Waals surface area (Å²) >= 11 is 5.63. The van der Waals surface area contributed by atoms with Crippen LogP contribution in [0.3, 0.4) is 0 Å². The highest BCUT2D eigenvalue weighted by molar-refractivity contribution is 14.1. The Kier molecular flexibility index (Phi) is 5.21. The first-order chi connectivity index (χ1) is 9.49. The third kappa shape index (κ3) is 3.61. The fraction of sp³-hybridized carbons (Fsp3) is 0.188. The minimum absolute atomic E-state index is 0.0940. The van der Waals surface area contributed by atoms with Gasteiger partial charge >= 0.3 is 0 Å². The topological polar surface area (TPSA) is 29.1 Å². The summed E-state index contributed by atoms with van der Waals surface area (Å²) in [5, 5.41) is 3.00. The van der Waals surface area contributed by atoms with Crippen molar-refractivity contribution < 1.29 is 4.79 Å². The van der Waals surface area contributed by atoms with E-state index in [1.807, 2.05) is 42.5 Å². The molecule has 0 aliphatic heterocycles. The van der Waals surface area contributed by atoms with E-state index in [0.29, 0.717) is 11.5 Å². The number of hydrogen-bond donors (Lipinski definition) is 1. The Hall–Kier alpha value is -0.880. The standard InChI is InChI=1S/C16H15BrINO/c1-10(2)12-5-3-4-6-15(12)19-16(20)13-9-11(18)7-8-14(13)17/h3-10H,1-2H3,(H,19,20). The Morgan fingerprint density at radius 3 is 2.60 bits per heavy atom. The molecule has 2 nitrogen and oxygen atoms in total. The van der Waals surface area contributed by atoms with Gasteiger partial charge in [0, 0.05) is 13.7 Å². The van der Waals surface area contributed by atoms with Crippen LogP contribution < -0.4 is 5.32 Å². The number of benzene rings is 2. The summed E-state index contributed by atoms with van der Waals surface area (Å²) < 4.78 is 1.84. The maximum absolute atomic E-state index is 12.4. The first-order valence-corrected chi connectivity index (χ1v) is 8.21. The summed E-state index contributed by atoms with van der Waals surface area (Å²) in [7, 11) is 0. The van der Waals surface area contributed by atoms with Gasteiger partial charge in [-0.3, -0.25) is 4.79 Å². The van der Waals surface area contributed by atoms with Crippen molar-refractivity contribution in [2.75, 3.05) is 5.32 Å². The van der Waals surface area contributed by atoms with Crippen molar-refractivity contribution in [2.45, 2.75) is 19.8 Å². The van der Waals surface area contributed by atoms with E-state index in [-0.39, 0.29) is 5.91 Å². The Labute approximate surface area is 141 Å². The first-order valence-electron chi connectivity index (χ1n) is 6.34. The number of amides is 1. The van der Waals surface area contributed by atoms with Gasteiger partial charge < -0.3 is 5.32 Å². The van der Waals surface area contributed by atoms with Gasteiger partial charge in [0.2, 0.25) is 0 Å². The molecule has 0 radical (unpaired) electrons. The van der Waals surface area contributed by atoms with Crippen molar-refractivity contribution in [3.63, 3.8) is 0 Å². The number of carbonyl (C=O) groups excluding carboxylic acids is 1. The molecule has 4 heteroatoms. The summed E-state index contributed by atoms with van der Waals surface area (Å²) in [6.45, 7) is 4.23. The zero-order valence-corrected chi connectivity index (χ0v) is 15.0. The van der Waals surface area contributed by atoms with Gasteiger partial charge in [-0.15, -0.1) is 0 Å². The van der Waals surface area contributed by atoms with Crippen molar-refractivity contribution in [1.29, 1.82) is 0 Å². The molecule has 1 N–H and O–H groups in total. The third-order valence-corrected chi connectivity index (χ3v) is 4.37. The monoisotopic (exact) mass is 443 g/mol. The molecule has 0 aromatic heterocycles. The van der Waals surface area contributed by atoms with Crippen LogP contribution in [-0.4, -0.2) is 5.91 Å². The molecule has 20 heavy (non-hydrogen) atoms. The molecule has 0 spiro atoms. The van der Waals surface area contributed by atoms with Gasteiger partial charge in [-0.05, 0) is 74.3 Å². The fourth-order valence-corrected chi connectivity index (χ4v) is 2.89. The molecule has 0 saturated heterocycles. The average Bonchev–Trinajstić information content (AvgIpc) is 2.41. The van der Waals surface area contributed by atoms with E-state index in [2.05, 4.69) is 57.7 Å². The smallest absolute Gasteiger partial charge is 0.256 e. The highest BCUT2D eigenvalue weighted by Gasteiger charge is 2.13. The van der Waals surface area contributed by atoms with E-state index >= 15 is 0 Å². The van der Waals surface area contributed by atoms with Crippen LogP contribution in [0.15, 0.2) is 46.9 Å². The van der Waals surface area contributed by atoms with Crippen LogP contribution in [0, 0.1) is 3.57 Å². The van der Waals surface area contributed by atoms with Gasteiger partial charge in [0.1, 0.15) is 0 Å². The van der Waals surface area contributed by atoms with E-state index in [1.54, 1.807) is 0 Å². The van der Waals surface area contributed by atoms with Crippen molar-refractivity contribution >= 4 is 50.1 Å². The number of nitrogens with one attached hydrogen (secondary N) is 1. The van der Waals surface area contributed by atoms with E-state index in [4.69, 9.17) is 0 Å². The molecular weight excluding hydrogens is 429 g/mol. The van der Waals surface area contributed by atoms with Crippen molar-refractivity contribution in [2.24, 2.45) is 0 Å². The molecule has 2 aromatic rings. The molecular formula is C16H15BrINO. The quantitative estimate of drug-likeness (QED) is 0.629. The lowest BCUT2D eigenvalue weighted by atomic mass is 10.0. The van der Waals surface area contributed by atoms with Crippen LogP contribution >= 0.6 is 38.5 Å². The molecule has 0 bridgehead atoms. The van der Waals surface area contributed by atoms with Crippen LogP contribution in [0.1, 0.15) is 35.7 Å². The minimum atomic E-state index is -0.0940. The van der Waals surface area contributed by atoms with E-state index in [9.17, 15) is 4.79 Å². The van der Waals surface area contributed by atoms with Crippen LogP contribution in [-0.2, 0) is 0 Å². The first kappa shape index (κ1) is 15.5. The third-order valence-electron chi connectivity index (χ3n) is 3.00. The van der Waals surface area contributed by atoms with Crippen LogP contribution in [0.4, 0.5) is 5.69 Å². The SMILES string of the molecule is CC(C)c1ccccc1NC(=O)c1cc(I)ccc1Br. The van der Waals surface area contributed by atoms with Crippen LogP contribution in [0.2, 0.25) is 0 Å². The molecule has 2 aromatic carbocycles. The minimum Gasteiger partial charge on any atom is -0.322 e. The molecule has 1 amide bonds. The Morgan fingerprint density at radius 2 is 1.90 bits per heavy atom. The number of para-hydroxylation sites is 1. The zero-order valence-electron chi connectivity index (χ0n) is 11.3. The largest absolute Gasteiger partial charge is 0.322 e. The Morgan fingerprint density at radius 1 is 1.20 bits per heavy atom. The highest BCUT2D eigenvalue weighted by Crippen LogP contribution is 2.26. The van der Waals surface area contributed by atoms with Gasteiger partial charge in [-0.25, -0.2) is 0 Å². The van der Waals surface area contributed by atoms with Crippen molar-refractivity contribution in [3.8, 4) is 0 Å². The maximum Gasteiger partial charge on any atom is 0.256 e. The molecule has 0 atom stereocenters. The number of anilines is 1. The summed E-state index contributed by atoms with van der Waals surface area (Å²) in [6.07, 6.45) is 0. The number of rotatable bonds is 3. The molecule has 0 heterocycles. The lowest BCUT2D eigenvalue weighted by Gasteiger charge is -2.14. The highest BCUT2D eigenvalue weighted by atomic mass is 127. The predicted octanol–water partition coefficient (Wildman–Crippen LogP) is 5.43. The lowest BCUT2D eigenvalue weighted by molar-refractivity contribution is 0.102. The molecule has 0 aliphatic carbocycles. The Bertz CT molecular complexity index is 640. The fourth-order valence-electron chi connectivity index (χ4n) is 1.98. The summed E-state index contributed by atoms with van der Waals surface area (Å²) in [5.41, 5.74) is 2.66. The number of carbonyl (C=O) groups is 1. The van der Waals surface area contributed by atoms with E-state index < -0.39 is 0 Å². The van der Waals surface area contributed by atoms with Crippen molar-refractivity contribution in [1.82, 2.24) is 0 Å². The normalized spacial score (nSPS) is 10.7. The summed E-state index contributed by atoms with van der Waals surface area (Å²) in [4.78, 5) is 12.4. The van der Waals surface area contributed by atoms with Crippen LogP contribution in [0.5, 0.6) is 0 Å². The molecule has 0 unspecified atom stereocenters. The maximum atomic E-state index is 12.4. The lowest BCUT2D eigenvalue weighted by Crippen LogP contribution is -2.14.